The summed E-state index contributed by atoms with van der Waals surface area (Å²) in [6.07, 6.45) is 0. The van der Waals surface area contributed by atoms with Gasteiger partial charge >= 0.3 is 5.69 Å². The third-order valence-electron chi connectivity index (χ3n) is 5.16. The molecule has 3 rings (SSSR count). The Labute approximate surface area is 172 Å². The van der Waals surface area contributed by atoms with Gasteiger partial charge in [-0.1, -0.05) is 30.3 Å². The summed E-state index contributed by atoms with van der Waals surface area (Å²) < 4.78 is 7.46. The first-order chi connectivity index (χ1) is 14.3. The van der Waals surface area contributed by atoms with Gasteiger partial charge in [0.15, 0.2) is 5.78 Å². The van der Waals surface area contributed by atoms with Crippen molar-refractivity contribution in [1.29, 1.82) is 0 Å². The van der Waals surface area contributed by atoms with Crippen LogP contribution in [-0.4, -0.2) is 58.1 Å². The highest BCUT2D eigenvalue weighted by atomic mass is 16.5. The van der Waals surface area contributed by atoms with Gasteiger partial charge in [0.05, 0.1) is 26.3 Å². The maximum atomic E-state index is 13.1. The molecular formula is C20H25N5O5. The number of benzene rings is 1. The van der Waals surface area contributed by atoms with Crippen LogP contribution < -0.4 is 22.7 Å². The summed E-state index contributed by atoms with van der Waals surface area (Å²) in [6.45, 7) is 2.34. The summed E-state index contributed by atoms with van der Waals surface area (Å²) in [6, 6.07) is 8.35. The number of nitrogen functional groups attached to an aromatic ring is 1. The normalized spacial score (nSPS) is 17.0. The smallest absolute Gasteiger partial charge is 0.332 e. The minimum absolute atomic E-state index is 0.0742. The Morgan fingerprint density at radius 3 is 2.50 bits per heavy atom. The average molecular weight is 415 g/mol. The number of rotatable bonds is 7. The molecule has 1 aliphatic heterocycles. The highest BCUT2D eigenvalue weighted by Crippen LogP contribution is 2.13. The standard InChI is InChI=1S/C20H25N5O5/c1-2-24-19(28)16(15(26)11-23-8-9-30-12-14(23)18(22)27)17(21)25(20(24)29)10-13-6-4-3-5-7-13/h3-7,14H,2,8-12,21H2,1H3,(H2,22,27). The van der Waals surface area contributed by atoms with Crippen LogP contribution in [0.1, 0.15) is 22.8 Å². The zero-order valence-corrected chi connectivity index (χ0v) is 16.7. The van der Waals surface area contributed by atoms with Gasteiger partial charge in [-0.15, -0.1) is 0 Å². The number of ether oxygens (including phenoxy) is 1. The Morgan fingerprint density at radius 2 is 1.87 bits per heavy atom. The van der Waals surface area contributed by atoms with Crippen molar-refractivity contribution in [3.05, 3.63) is 62.3 Å². The van der Waals surface area contributed by atoms with Gasteiger partial charge in [0.2, 0.25) is 5.91 Å². The molecule has 1 amide bonds. The van der Waals surface area contributed by atoms with Crippen LogP contribution in [0.4, 0.5) is 5.82 Å². The third-order valence-corrected chi connectivity index (χ3v) is 5.16. The molecule has 160 valence electrons. The summed E-state index contributed by atoms with van der Waals surface area (Å²) in [5, 5.41) is 0. The molecule has 10 heteroatoms. The second kappa shape index (κ2) is 9.06. The predicted octanol–water partition coefficient (Wildman–Crippen LogP) is -0.971. The van der Waals surface area contributed by atoms with E-state index in [4.69, 9.17) is 16.2 Å². The van der Waals surface area contributed by atoms with Gasteiger partial charge in [-0.25, -0.2) is 4.79 Å². The second-order valence-electron chi connectivity index (χ2n) is 7.05. The molecule has 10 nitrogen and oxygen atoms in total. The number of morpholine rings is 1. The monoisotopic (exact) mass is 415 g/mol. The lowest BCUT2D eigenvalue weighted by molar-refractivity contribution is -0.128. The molecule has 30 heavy (non-hydrogen) atoms. The number of amides is 1. The topological polar surface area (TPSA) is 143 Å². The van der Waals surface area contributed by atoms with E-state index in [0.29, 0.717) is 13.2 Å². The van der Waals surface area contributed by atoms with Crippen LogP contribution in [0.3, 0.4) is 0 Å². The van der Waals surface area contributed by atoms with Crippen molar-refractivity contribution in [2.45, 2.75) is 26.1 Å². The van der Waals surface area contributed by atoms with Crippen LogP contribution in [0.2, 0.25) is 0 Å². The molecule has 0 aliphatic carbocycles. The van der Waals surface area contributed by atoms with E-state index < -0.39 is 29.0 Å². The highest BCUT2D eigenvalue weighted by Gasteiger charge is 2.31. The van der Waals surface area contributed by atoms with Crippen LogP contribution in [0.15, 0.2) is 39.9 Å². The van der Waals surface area contributed by atoms with Crippen molar-refractivity contribution >= 4 is 17.5 Å². The van der Waals surface area contributed by atoms with Gasteiger partial charge in [-0.3, -0.25) is 28.4 Å². The zero-order chi connectivity index (χ0) is 21.8. The fraction of sp³-hybridized carbons (Fsp3) is 0.400. The van der Waals surface area contributed by atoms with Crippen LogP contribution in [0, 0.1) is 0 Å². The van der Waals surface area contributed by atoms with E-state index in [1.165, 1.54) is 4.57 Å². The highest BCUT2D eigenvalue weighted by molar-refractivity contribution is 6.01. The van der Waals surface area contributed by atoms with Gasteiger partial charge in [-0.05, 0) is 12.5 Å². The van der Waals surface area contributed by atoms with Crippen LogP contribution in [0.5, 0.6) is 0 Å². The summed E-state index contributed by atoms with van der Waals surface area (Å²) in [7, 11) is 0. The third kappa shape index (κ3) is 4.19. The maximum absolute atomic E-state index is 13.1. The molecular weight excluding hydrogens is 390 g/mol. The lowest BCUT2D eigenvalue weighted by Crippen LogP contribution is -2.54. The van der Waals surface area contributed by atoms with Crippen molar-refractivity contribution in [2.75, 3.05) is 32.0 Å². The van der Waals surface area contributed by atoms with Crippen LogP contribution in [-0.2, 0) is 22.6 Å². The number of anilines is 1. The van der Waals surface area contributed by atoms with Gasteiger partial charge in [0.25, 0.3) is 5.56 Å². The SMILES string of the molecule is CCn1c(=O)c(C(=O)CN2CCOCC2C(N)=O)c(N)n(Cc2ccccc2)c1=O. The lowest BCUT2D eigenvalue weighted by atomic mass is 10.1. The average Bonchev–Trinajstić information content (AvgIpc) is 2.72. The first kappa shape index (κ1) is 21.5. The van der Waals surface area contributed by atoms with Crippen molar-refractivity contribution in [2.24, 2.45) is 5.73 Å². The first-order valence-corrected chi connectivity index (χ1v) is 9.66. The minimum Gasteiger partial charge on any atom is -0.384 e. The molecule has 4 N–H and O–H groups in total. The quantitative estimate of drug-likeness (QED) is 0.554. The molecule has 0 radical (unpaired) electrons. The number of primary amides is 1. The van der Waals surface area contributed by atoms with E-state index in [9.17, 15) is 19.2 Å². The van der Waals surface area contributed by atoms with Gasteiger partial charge in [-0.2, -0.15) is 0 Å². The number of hydrogen-bond donors (Lipinski definition) is 2. The van der Waals surface area contributed by atoms with E-state index in [-0.39, 0.29) is 37.6 Å². The number of nitrogens with two attached hydrogens (primary N) is 2. The Kier molecular flexibility index (Phi) is 6.48. The molecule has 1 saturated heterocycles. The summed E-state index contributed by atoms with van der Waals surface area (Å²) in [5.41, 5.74) is 10.8. The Balaban J connectivity index is 2.02. The molecule has 0 bridgehead atoms. The van der Waals surface area contributed by atoms with Crippen molar-refractivity contribution in [3.8, 4) is 0 Å². The van der Waals surface area contributed by atoms with E-state index >= 15 is 0 Å². The number of ketones is 1. The maximum Gasteiger partial charge on any atom is 0.332 e. The number of aromatic nitrogens is 2. The largest absolute Gasteiger partial charge is 0.384 e. The van der Waals surface area contributed by atoms with Gasteiger partial charge < -0.3 is 16.2 Å². The summed E-state index contributed by atoms with van der Waals surface area (Å²) in [5.74, 6) is -1.38. The van der Waals surface area contributed by atoms with Crippen LogP contribution >= 0.6 is 0 Å². The predicted molar refractivity (Wildman–Crippen MR) is 110 cm³/mol. The number of Topliss-reactive ketones (excluding diaryl/α,β-unsaturated/α-hetero) is 1. The fourth-order valence-corrected chi connectivity index (χ4v) is 3.53. The minimum atomic E-state index is -0.771. The molecule has 1 unspecified atom stereocenters. The van der Waals surface area contributed by atoms with Crippen molar-refractivity contribution in [3.63, 3.8) is 0 Å². The molecule has 1 fully saturated rings. The van der Waals surface area contributed by atoms with Crippen molar-refractivity contribution < 1.29 is 14.3 Å². The van der Waals surface area contributed by atoms with Crippen molar-refractivity contribution in [1.82, 2.24) is 14.0 Å². The Morgan fingerprint density at radius 1 is 1.17 bits per heavy atom. The molecule has 1 aromatic heterocycles. The summed E-state index contributed by atoms with van der Waals surface area (Å²) >= 11 is 0. The molecule has 2 aromatic rings. The number of nitrogens with zero attached hydrogens (tertiary/aromatic N) is 3. The number of hydrogen-bond acceptors (Lipinski definition) is 7. The Bertz CT molecular complexity index is 1060. The van der Waals surface area contributed by atoms with E-state index in [1.807, 2.05) is 30.3 Å². The molecule has 0 saturated carbocycles. The zero-order valence-electron chi connectivity index (χ0n) is 16.7. The molecule has 1 aliphatic rings. The van der Waals surface area contributed by atoms with Crippen LogP contribution in [0.25, 0.3) is 0 Å². The first-order valence-electron chi connectivity index (χ1n) is 9.66. The molecule has 0 spiro atoms. The fourth-order valence-electron chi connectivity index (χ4n) is 3.53. The van der Waals surface area contributed by atoms with E-state index in [0.717, 1.165) is 10.1 Å². The van der Waals surface area contributed by atoms with E-state index in [2.05, 4.69) is 0 Å². The van der Waals surface area contributed by atoms with Gasteiger partial charge in [0.1, 0.15) is 17.4 Å². The van der Waals surface area contributed by atoms with Gasteiger partial charge in [0, 0.05) is 13.1 Å². The number of carbonyl (C=O) groups is 2. The number of carbonyl (C=O) groups excluding carboxylic acids is 2. The molecule has 1 aromatic carbocycles. The summed E-state index contributed by atoms with van der Waals surface area (Å²) in [4.78, 5) is 52.0. The Hall–Kier alpha value is -3.24. The second-order valence-corrected chi connectivity index (χ2v) is 7.05. The lowest BCUT2D eigenvalue weighted by Gasteiger charge is -2.32. The molecule has 2 heterocycles. The van der Waals surface area contributed by atoms with E-state index in [1.54, 1.807) is 11.8 Å². The molecule has 1 atom stereocenters.